The summed E-state index contributed by atoms with van der Waals surface area (Å²) in [5, 5.41) is 3.04. The third kappa shape index (κ3) is 1.35. The molecule has 1 N–H and O–H groups in total. The van der Waals surface area contributed by atoms with Gasteiger partial charge in [0.25, 0.3) is 0 Å². The van der Waals surface area contributed by atoms with E-state index in [1.54, 1.807) is 0 Å². The molecule has 0 atom stereocenters. The zero-order valence-electron chi connectivity index (χ0n) is 3.82. The topological polar surface area (TPSA) is 12.0 Å². The molecule has 0 bridgehead atoms. The molecule has 0 spiro atoms. The molecule has 1 aliphatic rings. The van der Waals surface area contributed by atoms with Gasteiger partial charge in [-0.05, 0) is 18.4 Å². The Morgan fingerprint density at radius 2 is 2.57 bits per heavy atom. The number of nitrogens with one attached hydrogen (secondary N) is 1. The van der Waals surface area contributed by atoms with Crippen LogP contribution in [-0.4, -0.2) is 6.54 Å². The number of hydrogen-bond acceptors (Lipinski definition) is 1. The first-order chi connectivity index (χ1) is 3.39. The third-order valence-corrected chi connectivity index (χ3v) is 1.31. The fourth-order valence-electron chi connectivity index (χ4n) is 0.436. The first-order valence-corrected chi connectivity index (χ1v) is 2.93. The van der Waals surface area contributed by atoms with E-state index in [2.05, 4.69) is 21.2 Å². The Bertz CT molecular complexity index is 115. The fourth-order valence-corrected chi connectivity index (χ4v) is 0.750. The van der Waals surface area contributed by atoms with Crippen molar-refractivity contribution in [1.29, 1.82) is 0 Å². The Morgan fingerprint density at radius 1 is 1.71 bits per heavy atom. The smallest absolute Gasteiger partial charge is 0.0460 e. The van der Waals surface area contributed by atoms with E-state index >= 15 is 0 Å². The van der Waals surface area contributed by atoms with E-state index in [0.29, 0.717) is 0 Å². The molecule has 0 fully saturated rings. The van der Waals surface area contributed by atoms with E-state index in [-0.39, 0.29) is 0 Å². The van der Waals surface area contributed by atoms with E-state index < -0.39 is 0 Å². The Balaban J connectivity index is 2.57. The molecule has 7 heavy (non-hydrogen) atoms. The van der Waals surface area contributed by atoms with Gasteiger partial charge in [-0.15, -0.1) is 0 Å². The molecule has 2 heteroatoms. The van der Waals surface area contributed by atoms with Crippen LogP contribution in [0.25, 0.3) is 0 Å². The number of halogens is 1. The minimum Gasteiger partial charge on any atom is -0.386 e. The van der Waals surface area contributed by atoms with Gasteiger partial charge in [-0.3, -0.25) is 0 Å². The van der Waals surface area contributed by atoms with Gasteiger partial charge in [0.05, 0.1) is 0 Å². The predicted molar refractivity (Wildman–Crippen MR) is 34.2 cm³/mol. The summed E-state index contributed by atoms with van der Waals surface area (Å²) in [6.45, 7) is 0.927. The summed E-state index contributed by atoms with van der Waals surface area (Å²) in [6, 6.07) is 0. The van der Waals surface area contributed by atoms with Crippen molar-refractivity contribution in [3.63, 3.8) is 0 Å². The summed E-state index contributed by atoms with van der Waals surface area (Å²) >= 11 is 3.34. The van der Waals surface area contributed by atoms with Gasteiger partial charge < -0.3 is 5.32 Å². The minimum absolute atomic E-state index is 0.927. The Kier molecular flexibility index (Phi) is 1.52. The maximum absolute atomic E-state index is 3.34. The lowest BCUT2D eigenvalue weighted by Crippen LogP contribution is -2.08. The Hall–Kier alpha value is -0.240. The maximum Gasteiger partial charge on any atom is 0.0460 e. The maximum atomic E-state index is 3.34. The van der Waals surface area contributed by atoms with Crippen molar-refractivity contribution in [1.82, 2.24) is 5.32 Å². The Labute approximate surface area is 51.2 Å². The summed E-state index contributed by atoms with van der Waals surface area (Å²) in [4.78, 5) is 0. The molecule has 1 nitrogen and oxygen atoms in total. The van der Waals surface area contributed by atoms with Crippen molar-refractivity contribution in [2.45, 2.75) is 0 Å². The second-order valence-electron chi connectivity index (χ2n) is 1.35. The van der Waals surface area contributed by atoms with Crippen LogP contribution in [0.2, 0.25) is 0 Å². The third-order valence-electron chi connectivity index (χ3n) is 0.762. The number of dihydropyridines is 1. The van der Waals surface area contributed by atoms with Crippen molar-refractivity contribution in [3.8, 4) is 0 Å². The van der Waals surface area contributed by atoms with E-state index in [1.165, 1.54) is 4.48 Å². The molecule has 38 valence electrons. The van der Waals surface area contributed by atoms with Crippen LogP contribution >= 0.6 is 15.9 Å². The van der Waals surface area contributed by atoms with E-state index in [9.17, 15) is 0 Å². The normalized spacial score (nSPS) is 18.1. The molecule has 0 aliphatic carbocycles. The summed E-state index contributed by atoms with van der Waals surface area (Å²) in [6.07, 6.45) is 5.91. The lowest BCUT2D eigenvalue weighted by molar-refractivity contribution is 0.964. The minimum atomic E-state index is 0.927. The van der Waals surface area contributed by atoms with Crippen LogP contribution < -0.4 is 5.32 Å². The number of allylic oxidation sites excluding steroid dienone is 2. The highest BCUT2D eigenvalue weighted by Crippen LogP contribution is 2.04. The van der Waals surface area contributed by atoms with Gasteiger partial charge in [-0.2, -0.15) is 0 Å². The molecule has 0 unspecified atom stereocenters. The molecule has 0 aromatic heterocycles. The first-order valence-electron chi connectivity index (χ1n) is 2.14. The molecule has 0 amide bonds. The molecule has 1 heterocycles. The summed E-state index contributed by atoms with van der Waals surface area (Å²) < 4.78 is 1.20. The van der Waals surface area contributed by atoms with Gasteiger partial charge in [0, 0.05) is 11.0 Å². The van der Waals surface area contributed by atoms with Gasteiger partial charge in [-0.25, -0.2) is 0 Å². The lowest BCUT2D eigenvalue weighted by atomic mass is 10.4. The average Bonchev–Trinajstić information content (AvgIpc) is 1.69. The van der Waals surface area contributed by atoms with Crippen LogP contribution in [0.3, 0.4) is 0 Å². The van der Waals surface area contributed by atoms with Gasteiger partial charge in [-0.1, -0.05) is 15.9 Å². The highest BCUT2D eigenvalue weighted by molar-refractivity contribution is 9.11. The largest absolute Gasteiger partial charge is 0.386 e. The zero-order valence-corrected chi connectivity index (χ0v) is 5.40. The van der Waals surface area contributed by atoms with Crippen LogP contribution in [0, 0.1) is 0 Å². The van der Waals surface area contributed by atoms with Gasteiger partial charge >= 0.3 is 0 Å². The quantitative estimate of drug-likeness (QED) is 0.564. The van der Waals surface area contributed by atoms with Crippen LogP contribution in [0.5, 0.6) is 0 Å². The van der Waals surface area contributed by atoms with Crippen molar-refractivity contribution in [2.24, 2.45) is 0 Å². The average molecular weight is 160 g/mol. The molecule has 0 saturated heterocycles. The van der Waals surface area contributed by atoms with Crippen LogP contribution in [0.1, 0.15) is 0 Å². The second kappa shape index (κ2) is 2.17. The van der Waals surface area contributed by atoms with Crippen molar-refractivity contribution >= 4 is 15.9 Å². The summed E-state index contributed by atoms with van der Waals surface area (Å²) in [7, 11) is 0. The number of hydrogen-bond donors (Lipinski definition) is 1. The highest BCUT2D eigenvalue weighted by Gasteiger charge is 1.88. The monoisotopic (exact) mass is 159 g/mol. The van der Waals surface area contributed by atoms with E-state index in [4.69, 9.17) is 0 Å². The lowest BCUT2D eigenvalue weighted by Gasteiger charge is -2.01. The SMILES string of the molecule is BrC1=CC=CNC1. The van der Waals surface area contributed by atoms with Gasteiger partial charge in [0.15, 0.2) is 0 Å². The Morgan fingerprint density at radius 3 is 2.86 bits per heavy atom. The highest BCUT2D eigenvalue weighted by atomic mass is 79.9. The van der Waals surface area contributed by atoms with Crippen molar-refractivity contribution < 1.29 is 0 Å². The standard InChI is InChI=1S/C5H6BrN/c6-5-2-1-3-7-4-5/h1-3,7H,4H2. The fraction of sp³-hybridized carbons (Fsp3) is 0.200. The first kappa shape index (κ1) is 4.91. The predicted octanol–water partition coefficient (Wildman–Crippen LogP) is 1.38. The van der Waals surface area contributed by atoms with Crippen molar-refractivity contribution in [3.05, 3.63) is 22.8 Å². The molecule has 0 saturated carbocycles. The zero-order chi connectivity index (χ0) is 5.11. The summed E-state index contributed by atoms with van der Waals surface area (Å²) in [5.74, 6) is 0. The molecule has 0 radical (unpaired) electrons. The molecular formula is C5H6BrN. The molecular weight excluding hydrogens is 154 g/mol. The van der Waals surface area contributed by atoms with Crippen LogP contribution in [-0.2, 0) is 0 Å². The van der Waals surface area contributed by atoms with E-state index in [1.807, 2.05) is 18.4 Å². The molecule has 1 rings (SSSR count). The van der Waals surface area contributed by atoms with Gasteiger partial charge in [0.2, 0.25) is 0 Å². The summed E-state index contributed by atoms with van der Waals surface area (Å²) in [5.41, 5.74) is 0. The van der Waals surface area contributed by atoms with Crippen LogP contribution in [0.15, 0.2) is 22.8 Å². The van der Waals surface area contributed by atoms with Crippen LogP contribution in [0.4, 0.5) is 0 Å². The number of rotatable bonds is 0. The molecule has 0 aromatic carbocycles. The van der Waals surface area contributed by atoms with E-state index in [0.717, 1.165) is 6.54 Å². The molecule has 0 aromatic rings. The molecule has 1 aliphatic heterocycles. The second-order valence-corrected chi connectivity index (χ2v) is 2.37. The van der Waals surface area contributed by atoms with Gasteiger partial charge in [0.1, 0.15) is 0 Å². The van der Waals surface area contributed by atoms with Crippen molar-refractivity contribution in [2.75, 3.05) is 6.54 Å².